The molecule has 0 heterocycles. The average Bonchev–Trinajstić information content (AvgIpc) is 1.93. The van der Waals surface area contributed by atoms with Gasteiger partial charge in [-0.05, 0) is 19.8 Å². The van der Waals surface area contributed by atoms with Gasteiger partial charge >= 0.3 is 0 Å². The highest BCUT2D eigenvalue weighted by Crippen LogP contribution is 2.17. The van der Waals surface area contributed by atoms with Gasteiger partial charge in [0.25, 0.3) is 0 Å². The molecule has 2 nitrogen and oxygen atoms in total. The molecule has 1 saturated carbocycles. The van der Waals surface area contributed by atoms with Gasteiger partial charge in [-0.15, -0.1) is 0 Å². The Morgan fingerprint density at radius 1 is 1.08 bits per heavy atom. The zero-order chi connectivity index (χ0) is 8.81. The van der Waals surface area contributed by atoms with Crippen molar-refractivity contribution in [1.29, 1.82) is 0 Å². The normalized spacial score (nSPS) is 24.5. The van der Waals surface area contributed by atoms with E-state index in [4.69, 9.17) is 5.11 Å². The quantitative estimate of drug-likeness (QED) is 0.623. The first-order valence-electron chi connectivity index (χ1n) is 5.23. The van der Waals surface area contributed by atoms with Gasteiger partial charge in [-0.25, -0.2) is 0 Å². The molecule has 1 atom stereocenters. The van der Waals surface area contributed by atoms with Crippen molar-refractivity contribution in [3.8, 4) is 0 Å². The average molecular weight is 171 g/mol. The summed E-state index contributed by atoms with van der Waals surface area (Å²) in [6.07, 6.45) is 8.94. The Balaban J connectivity index is 2.20. The van der Waals surface area contributed by atoms with Crippen LogP contribution in [0.2, 0.25) is 0 Å². The Hall–Kier alpha value is -0.0800. The van der Waals surface area contributed by atoms with Crippen molar-refractivity contribution in [2.24, 2.45) is 0 Å². The summed E-state index contributed by atoms with van der Waals surface area (Å²) >= 11 is 0. The largest absolute Gasteiger partial charge is 0.379 e. The minimum atomic E-state index is -0.338. The second-order valence-electron chi connectivity index (χ2n) is 3.88. The summed E-state index contributed by atoms with van der Waals surface area (Å²) in [6, 6.07) is 0.560. The molecular weight excluding hydrogens is 150 g/mol. The molecular formula is C10H21NO. The monoisotopic (exact) mass is 171 g/mol. The lowest BCUT2D eigenvalue weighted by atomic mass is 9.97. The Labute approximate surface area is 75.4 Å². The van der Waals surface area contributed by atoms with Crippen molar-refractivity contribution in [2.45, 2.75) is 64.1 Å². The van der Waals surface area contributed by atoms with Crippen LogP contribution in [0.1, 0.15) is 51.9 Å². The van der Waals surface area contributed by atoms with Gasteiger partial charge in [-0.2, -0.15) is 0 Å². The molecule has 2 N–H and O–H groups in total. The summed E-state index contributed by atoms with van der Waals surface area (Å²) in [4.78, 5) is 0. The summed E-state index contributed by atoms with van der Waals surface area (Å²) in [7, 11) is 0. The van der Waals surface area contributed by atoms with Crippen LogP contribution in [0.3, 0.4) is 0 Å². The molecule has 1 aliphatic carbocycles. The Morgan fingerprint density at radius 2 is 1.58 bits per heavy atom. The first-order valence-corrected chi connectivity index (χ1v) is 5.23. The summed E-state index contributed by atoms with van der Waals surface area (Å²) < 4.78 is 0. The number of aliphatic hydroxyl groups excluding tert-OH is 1. The molecule has 12 heavy (non-hydrogen) atoms. The van der Waals surface area contributed by atoms with Gasteiger partial charge in [-0.1, -0.05) is 32.1 Å². The maximum atomic E-state index is 9.16. The lowest BCUT2D eigenvalue weighted by molar-refractivity contribution is 0.133. The molecule has 0 aromatic carbocycles. The van der Waals surface area contributed by atoms with Crippen LogP contribution in [-0.4, -0.2) is 17.4 Å². The molecule has 0 amide bonds. The molecule has 1 unspecified atom stereocenters. The van der Waals surface area contributed by atoms with E-state index in [2.05, 4.69) is 5.32 Å². The highest BCUT2D eigenvalue weighted by molar-refractivity contribution is 4.69. The summed E-state index contributed by atoms with van der Waals surface area (Å²) in [5.74, 6) is 0. The number of hydrogen-bond acceptors (Lipinski definition) is 2. The standard InChI is InChI=1S/C10H21NO/c1-9(12)11-10-7-5-3-2-4-6-8-10/h9-12H,2-8H2,1H3. The molecule has 0 saturated heterocycles. The summed E-state index contributed by atoms with van der Waals surface area (Å²) in [5, 5.41) is 12.4. The van der Waals surface area contributed by atoms with Crippen LogP contribution in [0, 0.1) is 0 Å². The van der Waals surface area contributed by atoms with Gasteiger partial charge in [0, 0.05) is 6.04 Å². The summed E-state index contributed by atoms with van der Waals surface area (Å²) in [5.41, 5.74) is 0. The van der Waals surface area contributed by atoms with Crippen LogP contribution in [0.15, 0.2) is 0 Å². The SMILES string of the molecule is CC(O)NC1CCCCCCC1. The molecule has 2 heteroatoms. The van der Waals surface area contributed by atoms with Gasteiger partial charge in [0.15, 0.2) is 0 Å². The van der Waals surface area contributed by atoms with E-state index in [1.807, 2.05) is 0 Å². The van der Waals surface area contributed by atoms with Gasteiger partial charge in [0.1, 0.15) is 6.23 Å². The molecule has 72 valence electrons. The third-order valence-electron chi connectivity index (χ3n) is 2.58. The predicted octanol–water partition coefficient (Wildman–Crippen LogP) is 2.03. The molecule has 0 aromatic heterocycles. The molecule has 1 fully saturated rings. The van der Waals surface area contributed by atoms with Crippen molar-refractivity contribution >= 4 is 0 Å². The van der Waals surface area contributed by atoms with Crippen molar-refractivity contribution in [3.05, 3.63) is 0 Å². The maximum absolute atomic E-state index is 9.16. The van der Waals surface area contributed by atoms with Gasteiger partial charge in [0.2, 0.25) is 0 Å². The highest BCUT2D eigenvalue weighted by atomic mass is 16.3. The number of aliphatic hydroxyl groups is 1. The third kappa shape index (κ3) is 4.07. The van der Waals surface area contributed by atoms with E-state index in [1.54, 1.807) is 6.92 Å². The smallest absolute Gasteiger partial charge is 0.102 e. The molecule has 1 aliphatic rings. The van der Waals surface area contributed by atoms with E-state index in [9.17, 15) is 0 Å². The second-order valence-corrected chi connectivity index (χ2v) is 3.88. The van der Waals surface area contributed by atoms with E-state index in [-0.39, 0.29) is 6.23 Å². The second kappa shape index (κ2) is 5.55. The fourth-order valence-corrected chi connectivity index (χ4v) is 1.96. The van der Waals surface area contributed by atoms with Crippen LogP contribution in [0.5, 0.6) is 0 Å². The lowest BCUT2D eigenvalue weighted by Gasteiger charge is -2.22. The molecule has 0 bridgehead atoms. The highest BCUT2D eigenvalue weighted by Gasteiger charge is 2.11. The minimum absolute atomic E-state index is 0.338. The van der Waals surface area contributed by atoms with E-state index < -0.39 is 0 Å². The minimum Gasteiger partial charge on any atom is -0.379 e. The zero-order valence-electron chi connectivity index (χ0n) is 8.05. The third-order valence-corrected chi connectivity index (χ3v) is 2.58. The molecule has 0 aliphatic heterocycles. The van der Waals surface area contributed by atoms with Crippen LogP contribution in [-0.2, 0) is 0 Å². The summed E-state index contributed by atoms with van der Waals surface area (Å²) in [6.45, 7) is 1.80. The van der Waals surface area contributed by atoms with Crippen molar-refractivity contribution in [1.82, 2.24) is 5.32 Å². The van der Waals surface area contributed by atoms with E-state index in [0.717, 1.165) is 0 Å². The maximum Gasteiger partial charge on any atom is 0.102 e. The van der Waals surface area contributed by atoms with E-state index in [0.29, 0.717) is 6.04 Å². The van der Waals surface area contributed by atoms with Crippen molar-refractivity contribution < 1.29 is 5.11 Å². The Morgan fingerprint density at radius 3 is 2.08 bits per heavy atom. The first-order chi connectivity index (χ1) is 5.79. The Bertz CT molecular complexity index is 106. The Kier molecular flexibility index (Phi) is 4.62. The van der Waals surface area contributed by atoms with Gasteiger partial charge < -0.3 is 5.11 Å². The number of nitrogens with one attached hydrogen (secondary N) is 1. The number of rotatable bonds is 2. The zero-order valence-corrected chi connectivity index (χ0v) is 8.05. The van der Waals surface area contributed by atoms with Crippen molar-refractivity contribution in [2.75, 3.05) is 0 Å². The molecule has 0 radical (unpaired) electrons. The van der Waals surface area contributed by atoms with Crippen LogP contribution in [0.25, 0.3) is 0 Å². The van der Waals surface area contributed by atoms with Gasteiger partial charge in [0.05, 0.1) is 0 Å². The fourth-order valence-electron chi connectivity index (χ4n) is 1.96. The number of hydrogen-bond donors (Lipinski definition) is 2. The van der Waals surface area contributed by atoms with Crippen LogP contribution >= 0.6 is 0 Å². The van der Waals surface area contributed by atoms with Crippen LogP contribution in [0.4, 0.5) is 0 Å². The fraction of sp³-hybridized carbons (Fsp3) is 1.00. The molecule has 0 aromatic rings. The molecule has 1 rings (SSSR count). The topological polar surface area (TPSA) is 32.3 Å². The predicted molar refractivity (Wildman–Crippen MR) is 50.9 cm³/mol. The van der Waals surface area contributed by atoms with Crippen LogP contribution < -0.4 is 5.32 Å². The van der Waals surface area contributed by atoms with Crippen molar-refractivity contribution in [3.63, 3.8) is 0 Å². The van der Waals surface area contributed by atoms with E-state index in [1.165, 1.54) is 44.9 Å². The lowest BCUT2D eigenvalue weighted by Crippen LogP contribution is -2.36. The van der Waals surface area contributed by atoms with Gasteiger partial charge in [-0.3, -0.25) is 5.32 Å². The molecule has 0 spiro atoms. The first kappa shape index (κ1) is 10.0. The van der Waals surface area contributed by atoms with E-state index >= 15 is 0 Å².